The number of anilines is 1. The van der Waals surface area contributed by atoms with E-state index in [1.165, 1.54) is 12.1 Å². The second kappa shape index (κ2) is 7.91. The summed E-state index contributed by atoms with van der Waals surface area (Å²) in [5.41, 5.74) is 1.86. The van der Waals surface area contributed by atoms with Crippen LogP contribution in [0.25, 0.3) is 0 Å². The first-order valence-electron chi connectivity index (χ1n) is 8.55. The third-order valence-electron chi connectivity index (χ3n) is 4.28. The van der Waals surface area contributed by atoms with Crippen molar-refractivity contribution in [1.29, 1.82) is 0 Å². The fourth-order valence-electron chi connectivity index (χ4n) is 2.86. The van der Waals surface area contributed by atoms with Gasteiger partial charge in [0.2, 0.25) is 0 Å². The molecule has 6 heteroatoms. The van der Waals surface area contributed by atoms with Crippen LogP contribution in [0.5, 0.6) is 11.5 Å². The number of aryl methyl sites for hydroxylation is 1. The predicted molar refractivity (Wildman–Crippen MR) is 97.2 cm³/mol. The van der Waals surface area contributed by atoms with Gasteiger partial charge < -0.3 is 19.5 Å². The highest BCUT2D eigenvalue weighted by Gasteiger charge is 2.25. The molecule has 1 heterocycles. The Labute approximate surface area is 152 Å². The summed E-state index contributed by atoms with van der Waals surface area (Å²) in [5, 5.41) is 9.07. The maximum atomic E-state index is 12.2. The zero-order valence-electron chi connectivity index (χ0n) is 14.6. The lowest BCUT2D eigenvalue weighted by Crippen LogP contribution is -2.39. The van der Waals surface area contributed by atoms with Gasteiger partial charge in [-0.05, 0) is 49.6 Å². The Balaban J connectivity index is 1.56. The van der Waals surface area contributed by atoms with E-state index in [2.05, 4.69) is 0 Å². The number of para-hydroxylation sites is 1. The molecule has 2 aromatic rings. The van der Waals surface area contributed by atoms with Gasteiger partial charge in [-0.15, -0.1) is 0 Å². The number of fused-ring (bicyclic) bond motifs is 1. The molecule has 1 amide bonds. The van der Waals surface area contributed by atoms with E-state index in [0.29, 0.717) is 24.6 Å². The maximum Gasteiger partial charge on any atom is 0.335 e. The van der Waals surface area contributed by atoms with Crippen LogP contribution in [0.3, 0.4) is 0 Å². The third kappa shape index (κ3) is 3.96. The van der Waals surface area contributed by atoms with E-state index in [4.69, 9.17) is 14.6 Å². The van der Waals surface area contributed by atoms with Crippen molar-refractivity contribution in [3.63, 3.8) is 0 Å². The summed E-state index contributed by atoms with van der Waals surface area (Å²) in [4.78, 5) is 24.9. The molecule has 1 N–H and O–H groups in total. The molecule has 136 valence electrons. The van der Waals surface area contributed by atoms with Crippen molar-refractivity contribution >= 4 is 17.6 Å². The molecule has 0 aliphatic carbocycles. The van der Waals surface area contributed by atoms with E-state index in [1.807, 2.05) is 31.2 Å². The molecular formula is C20H21NO5. The molecule has 0 unspecified atom stereocenters. The summed E-state index contributed by atoms with van der Waals surface area (Å²) in [7, 11) is 0. The van der Waals surface area contributed by atoms with Crippen molar-refractivity contribution in [2.24, 2.45) is 0 Å². The standard InChI is InChI=1S/C20H21NO5/c1-14-6-2-3-7-17(14)25-11-5-4-10-21-16-9-8-15(20(23)24)12-18(16)26-13-19(21)22/h2-3,6-9,12H,4-5,10-11,13H2,1H3,(H,23,24). The van der Waals surface area contributed by atoms with Crippen LogP contribution in [0.4, 0.5) is 5.69 Å². The van der Waals surface area contributed by atoms with Gasteiger partial charge >= 0.3 is 5.97 Å². The summed E-state index contributed by atoms with van der Waals surface area (Å²) in [6, 6.07) is 12.4. The van der Waals surface area contributed by atoms with E-state index in [1.54, 1.807) is 11.0 Å². The molecule has 3 rings (SSSR count). The molecule has 0 radical (unpaired) electrons. The normalized spacial score (nSPS) is 13.1. The molecule has 0 fully saturated rings. The number of nitrogens with zero attached hydrogens (tertiary/aromatic N) is 1. The summed E-state index contributed by atoms with van der Waals surface area (Å²) >= 11 is 0. The first-order valence-corrected chi connectivity index (χ1v) is 8.55. The van der Waals surface area contributed by atoms with Crippen molar-refractivity contribution in [3.05, 3.63) is 53.6 Å². The largest absolute Gasteiger partial charge is 0.493 e. The number of hydrogen-bond acceptors (Lipinski definition) is 4. The fourth-order valence-corrected chi connectivity index (χ4v) is 2.86. The summed E-state index contributed by atoms with van der Waals surface area (Å²) < 4.78 is 11.1. The van der Waals surface area contributed by atoms with Crippen LogP contribution in [-0.4, -0.2) is 36.7 Å². The maximum absolute atomic E-state index is 12.2. The van der Waals surface area contributed by atoms with Crippen molar-refractivity contribution in [2.75, 3.05) is 24.7 Å². The first kappa shape index (κ1) is 17.8. The van der Waals surface area contributed by atoms with Crippen molar-refractivity contribution in [3.8, 4) is 11.5 Å². The van der Waals surface area contributed by atoms with Crippen molar-refractivity contribution in [1.82, 2.24) is 0 Å². The topological polar surface area (TPSA) is 76.1 Å². The molecule has 0 atom stereocenters. The average Bonchev–Trinajstić information content (AvgIpc) is 2.64. The predicted octanol–water partition coefficient (Wildman–Crippen LogP) is 3.28. The van der Waals surface area contributed by atoms with Gasteiger partial charge in [0.1, 0.15) is 11.5 Å². The minimum atomic E-state index is -1.02. The lowest BCUT2D eigenvalue weighted by atomic mass is 10.1. The average molecular weight is 355 g/mol. The number of rotatable bonds is 7. The Morgan fingerprint density at radius 1 is 1.23 bits per heavy atom. The minimum Gasteiger partial charge on any atom is -0.493 e. The Bertz CT molecular complexity index is 818. The highest BCUT2D eigenvalue weighted by molar-refractivity contribution is 5.99. The Morgan fingerprint density at radius 2 is 2.04 bits per heavy atom. The number of carboxylic acid groups (broad SMARTS) is 1. The molecule has 1 aliphatic heterocycles. The van der Waals surface area contributed by atoms with Gasteiger partial charge in [0.05, 0.1) is 17.9 Å². The van der Waals surface area contributed by atoms with Crippen molar-refractivity contribution < 1.29 is 24.2 Å². The smallest absolute Gasteiger partial charge is 0.335 e. The monoisotopic (exact) mass is 355 g/mol. The van der Waals surface area contributed by atoms with E-state index in [-0.39, 0.29) is 18.1 Å². The number of ether oxygens (including phenoxy) is 2. The number of amides is 1. The number of hydrogen-bond donors (Lipinski definition) is 1. The molecule has 2 aromatic carbocycles. The van der Waals surface area contributed by atoms with Gasteiger partial charge in [0, 0.05) is 6.54 Å². The molecule has 6 nitrogen and oxygen atoms in total. The van der Waals surface area contributed by atoms with Crippen LogP contribution < -0.4 is 14.4 Å². The summed E-state index contributed by atoms with van der Waals surface area (Å²) in [5.74, 6) is 0.163. The number of carbonyl (C=O) groups excluding carboxylic acids is 1. The number of carboxylic acids is 1. The molecule has 0 spiro atoms. The molecule has 0 saturated carbocycles. The lowest BCUT2D eigenvalue weighted by Gasteiger charge is -2.29. The lowest BCUT2D eigenvalue weighted by molar-refractivity contribution is -0.121. The fraction of sp³-hybridized carbons (Fsp3) is 0.300. The second-order valence-corrected chi connectivity index (χ2v) is 6.14. The SMILES string of the molecule is Cc1ccccc1OCCCCN1C(=O)COc2cc(C(=O)O)ccc21. The zero-order chi connectivity index (χ0) is 18.5. The van der Waals surface area contributed by atoms with E-state index in [0.717, 1.165) is 24.2 Å². The highest BCUT2D eigenvalue weighted by atomic mass is 16.5. The highest BCUT2D eigenvalue weighted by Crippen LogP contribution is 2.33. The molecule has 0 aromatic heterocycles. The minimum absolute atomic E-state index is 0.0736. The molecule has 0 bridgehead atoms. The molecule has 1 aliphatic rings. The summed E-state index contributed by atoms with van der Waals surface area (Å²) in [6.45, 7) is 3.05. The van der Waals surface area contributed by atoms with Gasteiger partial charge in [-0.25, -0.2) is 4.79 Å². The molecular weight excluding hydrogens is 334 g/mol. The zero-order valence-corrected chi connectivity index (χ0v) is 14.6. The number of carbonyl (C=O) groups is 2. The number of benzene rings is 2. The number of aromatic carboxylic acids is 1. The van der Waals surface area contributed by atoms with E-state index in [9.17, 15) is 9.59 Å². The quantitative estimate of drug-likeness (QED) is 0.772. The van der Waals surface area contributed by atoms with Crippen molar-refractivity contribution in [2.45, 2.75) is 19.8 Å². The molecule has 26 heavy (non-hydrogen) atoms. The van der Waals surface area contributed by atoms with Crippen LogP contribution in [0, 0.1) is 6.92 Å². The van der Waals surface area contributed by atoms with Crippen LogP contribution in [0.2, 0.25) is 0 Å². The Hall–Kier alpha value is -3.02. The van der Waals surface area contributed by atoms with Gasteiger partial charge in [-0.1, -0.05) is 18.2 Å². The number of unbranched alkanes of at least 4 members (excludes halogenated alkanes) is 1. The second-order valence-electron chi connectivity index (χ2n) is 6.14. The van der Waals surface area contributed by atoms with Crippen LogP contribution >= 0.6 is 0 Å². The van der Waals surface area contributed by atoms with Gasteiger partial charge in [0.25, 0.3) is 5.91 Å². The van der Waals surface area contributed by atoms with Crippen LogP contribution in [-0.2, 0) is 4.79 Å². The molecule has 0 saturated heterocycles. The van der Waals surface area contributed by atoms with E-state index >= 15 is 0 Å². The van der Waals surface area contributed by atoms with Gasteiger partial charge in [0.15, 0.2) is 6.61 Å². The Kier molecular flexibility index (Phi) is 5.41. The van der Waals surface area contributed by atoms with Crippen LogP contribution in [0.1, 0.15) is 28.8 Å². The Morgan fingerprint density at radius 3 is 2.81 bits per heavy atom. The van der Waals surface area contributed by atoms with Crippen LogP contribution in [0.15, 0.2) is 42.5 Å². The third-order valence-corrected chi connectivity index (χ3v) is 4.28. The summed E-state index contributed by atoms with van der Waals surface area (Å²) in [6.07, 6.45) is 1.58. The first-order chi connectivity index (χ1) is 12.6. The van der Waals surface area contributed by atoms with Gasteiger partial charge in [-0.2, -0.15) is 0 Å². The van der Waals surface area contributed by atoms with E-state index < -0.39 is 5.97 Å². The van der Waals surface area contributed by atoms with Gasteiger partial charge in [-0.3, -0.25) is 4.79 Å².